The molecule has 1 fully saturated rings. The van der Waals surface area contributed by atoms with Crippen LogP contribution in [-0.4, -0.2) is 47.8 Å². The van der Waals surface area contributed by atoms with E-state index in [9.17, 15) is 8.42 Å². The minimum Gasteiger partial charge on any atom is -0.394 e. The Morgan fingerprint density at radius 3 is 2.75 bits per heavy atom. The predicted molar refractivity (Wildman–Crippen MR) is 75.7 cm³/mol. The second-order valence-electron chi connectivity index (χ2n) is 5.45. The molecule has 2 rings (SSSR count). The summed E-state index contributed by atoms with van der Waals surface area (Å²) in [5.41, 5.74) is 0. The molecular weight excluding hydrogens is 278 g/mol. The lowest BCUT2D eigenvalue weighted by Gasteiger charge is -2.26. The molecule has 114 valence electrons. The summed E-state index contributed by atoms with van der Waals surface area (Å²) in [6.45, 7) is 0.828. The van der Waals surface area contributed by atoms with E-state index in [0.29, 0.717) is 19.0 Å². The first-order chi connectivity index (χ1) is 9.54. The zero-order valence-corrected chi connectivity index (χ0v) is 12.7. The molecule has 0 radical (unpaired) electrons. The Balaban J connectivity index is 2.03. The third-order valence-electron chi connectivity index (χ3n) is 3.89. The van der Waals surface area contributed by atoms with E-state index in [0.717, 1.165) is 12.8 Å². The van der Waals surface area contributed by atoms with E-state index in [1.54, 1.807) is 7.05 Å². The lowest BCUT2D eigenvalue weighted by Crippen LogP contribution is -2.32. The standard InChI is InChI=1S/C13H23N3O3S/c1-15(10-12-5-3-2-4-6-12)20(18,19)13-9-14-16(11-13)7-8-17/h9,11-12,17H,2-8,10H2,1H3. The van der Waals surface area contributed by atoms with Crippen molar-refractivity contribution < 1.29 is 13.5 Å². The molecule has 1 heterocycles. The summed E-state index contributed by atoms with van der Waals surface area (Å²) < 4.78 is 27.7. The van der Waals surface area contributed by atoms with Crippen LogP contribution in [0.2, 0.25) is 0 Å². The summed E-state index contributed by atoms with van der Waals surface area (Å²) in [6, 6.07) is 0. The largest absolute Gasteiger partial charge is 0.394 e. The van der Waals surface area contributed by atoms with Gasteiger partial charge in [-0.1, -0.05) is 19.3 Å². The summed E-state index contributed by atoms with van der Waals surface area (Å²) in [4.78, 5) is 0.198. The van der Waals surface area contributed by atoms with E-state index in [4.69, 9.17) is 5.11 Å². The number of hydrogen-bond acceptors (Lipinski definition) is 4. The van der Waals surface area contributed by atoms with Crippen molar-refractivity contribution in [1.82, 2.24) is 14.1 Å². The number of aromatic nitrogens is 2. The fraction of sp³-hybridized carbons (Fsp3) is 0.769. The second kappa shape index (κ2) is 6.69. The van der Waals surface area contributed by atoms with Crippen molar-refractivity contribution in [1.29, 1.82) is 0 Å². The molecule has 0 aliphatic heterocycles. The van der Waals surface area contributed by atoms with Crippen molar-refractivity contribution in [2.75, 3.05) is 20.2 Å². The molecule has 0 saturated heterocycles. The van der Waals surface area contributed by atoms with Gasteiger partial charge in [-0.2, -0.15) is 5.10 Å². The Hall–Kier alpha value is -0.920. The zero-order valence-electron chi connectivity index (χ0n) is 11.9. The smallest absolute Gasteiger partial charge is 0.245 e. The van der Waals surface area contributed by atoms with Gasteiger partial charge in [0.2, 0.25) is 10.0 Å². The SMILES string of the molecule is CN(CC1CCCCC1)S(=O)(=O)c1cnn(CCO)c1. The molecule has 1 aromatic heterocycles. The molecular formula is C13H23N3O3S. The predicted octanol–water partition coefficient (Wildman–Crippen LogP) is 1.08. The van der Waals surface area contributed by atoms with Crippen LogP contribution in [-0.2, 0) is 16.6 Å². The van der Waals surface area contributed by atoms with Crippen molar-refractivity contribution in [3.8, 4) is 0 Å². The summed E-state index contributed by atoms with van der Waals surface area (Å²) in [5, 5.41) is 12.8. The van der Waals surface area contributed by atoms with Gasteiger partial charge in [0.25, 0.3) is 0 Å². The first kappa shape index (κ1) is 15.5. The average Bonchev–Trinajstić information content (AvgIpc) is 2.89. The Labute approximate surface area is 120 Å². The number of rotatable bonds is 6. The van der Waals surface area contributed by atoms with Gasteiger partial charge < -0.3 is 5.11 Å². The van der Waals surface area contributed by atoms with Gasteiger partial charge in [0.1, 0.15) is 4.90 Å². The molecule has 1 saturated carbocycles. The highest BCUT2D eigenvalue weighted by atomic mass is 32.2. The topological polar surface area (TPSA) is 75.4 Å². The molecule has 7 heteroatoms. The van der Waals surface area contributed by atoms with Crippen LogP contribution in [0.4, 0.5) is 0 Å². The van der Waals surface area contributed by atoms with Crippen LogP contribution in [0.25, 0.3) is 0 Å². The monoisotopic (exact) mass is 301 g/mol. The van der Waals surface area contributed by atoms with Crippen molar-refractivity contribution in [2.45, 2.75) is 43.5 Å². The molecule has 20 heavy (non-hydrogen) atoms. The number of sulfonamides is 1. The van der Waals surface area contributed by atoms with Crippen LogP contribution in [0.15, 0.2) is 17.3 Å². The van der Waals surface area contributed by atoms with Gasteiger partial charge in [-0.3, -0.25) is 4.68 Å². The third-order valence-corrected chi connectivity index (χ3v) is 5.66. The number of aliphatic hydroxyl groups is 1. The molecule has 0 spiro atoms. The second-order valence-corrected chi connectivity index (χ2v) is 7.50. The molecule has 0 unspecified atom stereocenters. The molecule has 1 aliphatic rings. The van der Waals surface area contributed by atoms with E-state index in [1.165, 1.54) is 40.6 Å². The van der Waals surface area contributed by atoms with Crippen LogP contribution in [0.5, 0.6) is 0 Å². The van der Waals surface area contributed by atoms with Gasteiger partial charge in [-0.05, 0) is 18.8 Å². The van der Waals surface area contributed by atoms with Gasteiger partial charge in [-0.25, -0.2) is 12.7 Å². The average molecular weight is 301 g/mol. The molecule has 0 amide bonds. The maximum absolute atomic E-state index is 12.4. The molecule has 0 atom stereocenters. The maximum Gasteiger partial charge on any atom is 0.245 e. The van der Waals surface area contributed by atoms with E-state index in [1.807, 2.05) is 0 Å². The molecule has 6 nitrogen and oxygen atoms in total. The molecule has 1 N–H and O–H groups in total. The quantitative estimate of drug-likeness (QED) is 0.853. The Bertz CT molecular complexity index is 521. The third kappa shape index (κ3) is 3.59. The fourth-order valence-corrected chi connectivity index (χ4v) is 3.92. The first-order valence-electron chi connectivity index (χ1n) is 7.13. The van der Waals surface area contributed by atoms with Gasteiger partial charge in [0, 0.05) is 19.8 Å². The Morgan fingerprint density at radius 2 is 2.10 bits per heavy atom. The van der Waals surface area contributed by atoms with Crippen LogP contribution >= 0.6 is 0 Å². The van der Waals surface area contributed by atoms with Gasteiger partial charge in [-0.15, -0.1) is 0 Å². The molecule has 1 aliphatic carbocycles. The number of nitrogens with zero attached hydrogens (tertiary/aromatic N) is 3. The minimum absolute atomic E-state index is 0.0565. The first-order valence-corrected chi connectivity index (χ1v) is 8.57. The van der Waals surface area contributed by atoms with E-state index in [-0.39, 0.29) is 11.5 Å². The van der Waals surface area contributed by atoms with Crippen LogP contribution in [0, 0.1) is 5.92 Å². The summed E-state index contributed by atoms with van der Waals surface area (Å²) in [5.74, 6) is 0.469. The molecule has 1 aromatic rings. The van der Waals surface area contributed by atoms with Crippen molar-refractivity contribution >= 4 is 10.0 Å². The van der Waals surface area contributed by atoms with Gasteiger partial charge in [0.15, 0.2) is 0 Å². The van der Waals surface area contributed by atoms with E-state index in [2.05, 4.69) is 5.10 Å². The van der Waals surface area contributed by atoms with Crippen LogP contribution < -0.4 is 0 Å². The van der Waals surface area contributed by atoms with Crippen LogP contribution in [0.3, 0.4) is 0 Å². The van der Waals surface area contributed by atoms with Crippen molar-refractivity contribution in [2.24, 2.45) is 5.92 Å². The fourth-order valence-electron chi connectivity index (χ4n) is 2.71. The lowest BCUT2D eigenvalue weighted by atomic mass is 9.89. The van der Waals surface area contributed by atoms with Crippen LogP contribution in [0.1, 0.15) is 32.1 Å². The number of aliphatic hydroxyl groups excluding tert-OH is 1. The number of hydrogen-bond donors (Lipinski definition) is 1. The summed E-state index contributed by atoms with van der Waals surface area (Å²) in [7, 11) is -1.84. The van der Waals surface area contributed by atoms with Crippen molar-refractivity contribution in [3.63, 3.8) is 0 Å². The minimum atomic E-state index is -3.47. The Kier molecular flexibility index (Phi) is 5.17. The van der Waals surface area contributed by atoms with Crippen molar-refractivity contribution in [3.05, 3.63) is 12.4 Å². The van der Waals surface area contributed by atoms with Gasteiger partial charge >= 0.3 is 0 Å². The van der Waals surface area contributed by atoms with E-state index < -0.39 is 10.0 Å². The van der Waals surface area contributed by atoms with Gasteiger partial charge in [0.05, 0.1) is 19.3 Å². The molecule has 0 aromatic carbocycles. The highest BCUT2D eigenvalue weighted by Gasteiger charge is 2.25. The Morgan fingerprint density at radius 1 is 1.40 bits per heavy atom. The lowest BCUT2D eigenvalue weighted by molar-refractivity contribution is 0.269. The summed E-state index contributed by atoms with van der Waals surface area (Å²) in [6.07, 6.45) is 8.72. The summed E-state index contributed by atoms with van der Waals surface area (Å²) >= 11 is 0. The molecule has 0 bridgehead atoms. The van der Waals surface area contributed by atoms with E-state index >= 15 is 0 Å². The maximum atomic E-state index is 12.4. The zero-order chi connectivity index (χ0) is 14.6. The normalized spacial score (nSPS) is 17.8. The highest BCUT2D eigenvalue weighted by Crippen LogP contribution is 2.25. The highest BCUT2D eigenvalue weighted by molar-refractivity contribution is 7.89.